The average molecular weight is 435 g/mol. The average Bonchev–Trinajstić information content (AvgIpc) is 3.45. The molecule has 4 rings (SSSR count). The Kier molecular flexibility index (Phi) is 6.89. The minimum atomic E-state index is 0.203. The van der Waals surface area contributed by atoms with Gasteiger partial charge in [0, 0.05) is 36.2 Å². The van der Waals surface area contributed by atoms with Crippen molar-refractivity contribution in [3.63, 3.8) is 0 Å². The van der Waals surface area contributed by atoms with Crippen LogP contribution in [0.15, 0.2) is 47.7 Å². The van der Waals surface area contributed by atoms with Gasteiger partial charge in [-0.05, 0) is 44.5 Å². The summed E-state index contributed by atoms with van der Waals surface area (Å²) in [6, 6.07) is 12.3. The van der Waals surface area contributed by atoms with Crippen LogP contribution in [0.5, 0.6) is 11.5 Å². The third-order valence-electron chi connectivity index (χ3n) is 5.20. The molecule has 0 bridgehead atoms. The predicted octanol–water partition coefficient (Wildman–Crippen LogP) is 3.45. The van der Waals surface area contributed by atoms with Crippen LogP contribution in [-0.2, 0) is 19.5 Å². The van der Waals surface area contributed by atoms with Crippen LogP contribution < -0.4 is 20.1 Å². The number of aromatic amines is 1. The van der Waals surface area contributed by atoms with E-state index in [2.05, 4.69) is 63.9 Å². The molecule has 0 saturated carbocycles. The Balaban J connectivity index is 1.47. The zero-order valence-electron chi connectivity index (χ0n) is 18.8. The Morgan fingerprint density at radius 1 is 1.25 bits per heavy atom. The molecule has 32 heavy (non-hydrogen) atoms. The molecule has 1 aromatic heterocycles. The number of ether oxygens (including phenoxy) is 2. The van der Waals surface area contributed by atoms with E-state index in [1.165, 1.54) is 11.9 Å². The summed E-state index contributed by atoms with van der Waals surface area (Å²) in [6.07, 6.45) is 2.63. The molecule has 0 saturated heterocycles. The number of H-pyrrole nitrogens is 1. The van der Waals surface area contributed by atoms with Crippen molar-refractivity contribution in [3.8, 4) is 22.9 Å². The number of guanidine groups is 1. The maximum absolute atomic E-state index is 5.94. The topological polar surface area (TPSA) is 96.5 Å². The molecule has 1 atom stereocenters. The summed E-state index contributed by atoms with van der Waals surface area (Å²) in [6.45, 7) is 8.67. The molecule has 2 heterocycles. The molecule has 0 radical (unpaired) electrons. The van der Waals surface area contributed by atoms with E-state index < -0.39 is 0 Å². The van der Waals surface area contributed by atoms with E-state index in [4.69, 9.17) is 14.5 Å². The van der Waals surface area contributed by atoms with E-state index in [0.717, 1.165) is 52.9 Å². The van der Waals surface area contributed by atoms with Crippen molar-refractivity contribution in [1.29, 1.82) is 0 Å². The third kappa shape index (κ3) is 5.19. The van der Waals surface area contributed by atoms with Crippen molar-refractivity contribution in [3.05, 3.63) is 59.4 Å². The van der Waals surface area contributed by atoms with Crippen molar-refractivity contribution in [2.24, 2.45) is 4.99 Å². The fraction of sp³-hybridized carbons (Fsp3) is 0.375. The van der Waals surface area contributed by atoms with Gasteiger partial charge in [0.1, 0.15) is 23.9 Å². The van der Waals surface area contributed by atoms with Gasteiger partial charge < -0.3 is 20.1 Å². The lowest BCUT2D eigenvalue weighted by atomic mass is 10.1. The van der Waals surface area contributed by atoms with Gasteiger partial charge in [-0.15, -0.1) is 0 Å². The van der Waals surface area contributed by atoms with E-state index >= 15 is 0 Å². The number of fused-ring (bicyclic) bond motifs is 1. The molecule has 0 amide bonds. The van der Waals surface area contributed by atoms with Gasteiger partial charge in [-0.1, -0.05) is 18.2 Å². The molecule has 2 aromatic carbocycles. The first-order chi connectivity index (χ1) is 15.7. The molecule has 0 spiro atoms. The van der Waals surface area contributed by atoms with Crippen LogP contribution >= 0.6 is 0 Å². The Hall–Kier alpha value is -3.55. The highest BCUT2D eigenvalue weighted by atomic mass is 16.5. The van der Waals surface area contributed by atoms with E-state index in [9.17, 15) is 0 Å². The number of hydrogen-bond donors (Lipinski definition) is 3. The minimum absolute atomic E-state index is 0.203. The lowest BCUT2D eigenvalue weighted by Gasteiger charge is -2.15. The summed E-state index contributed by atoms with van der Waals surface area (Å²) in [4.78, 5) is 8.98. The van der Waals surface area contributed by atoms with Gasteiger partial charge in [-0.2, -0.15) is 5.10 Å². The molecule has 0 fully saturated rings. The van der Waals surface area contributed by atoms with Crippen LogP contribution in [0, 0.1) is 0 Å². The van der Waals surface area contributed by atoms with Crippen LogP contribution in [0.1, 0.15) is 37.5 Å². The molecular weight excluding hydrogens is 404 g/mol. The molecule has 3 aromatic rings. The largest absolute Gasteiger partial charge is 0.494 e. The molecular formula is C24H30N6O2. The number of rotatable bonds is 8. The SMILES string of the molecule is CCNC(=NCc1cccc(-c2ncn[nH]2)c1)NCc1cc2c(cc1OCC)CC(C)O2. The van der Waals surface area contributed by atoms with Gasteiger partial charge in [-0.25, -0.2) is 9.98 Å². The van der Waals surface area contributed by atoms with E-state index in [-0.39, 0.29) is 6.10 Å². The Morgan fingerprint density at radius 2 is 2.16 bits per heavy atom. The zero-order chi connectivity index (χ0) is 22.3. The monoisotopic (exact) mass is 434 g/mol. The molecule has 168 valence electrons. The highest BCUT2D eigenvalue weighted by molar-refractivity contribution is 5.79. The van der Waals surface area contributed by atoms with Crippen LogP contribution in [0.3, 0.4) is 0 Å². The molecule has 0 aliphatic carbocycles. The highest BCUT2D eigenvalue weighted by Crippen LogP contribution is 2.35. The van der Waals surface area contributed by atoms with Gasteiger partial charge in [0.2, 0.25) is 0 Å². The number of nitrogens with zero attached hydrogens (tertiary/aromatic N) is 3. The second-order valence-electron chi connectivity index (χ2n) is 7.72. The summed E-state index contributed by atoms with van der Waals surface area (Å²) in [5.41, 5.74) is 4.34. The smallest absolute Gasteiger partial charge is 0.191 e. The number of benzene rings is 2. The second kappa shape index (κ2) is 10.2. The summed E-state index contributed by atoms with van der Waals surface area (Å²) in [5.74, 6) is 3.34. The summed E-state index contributed by atoms with van der Waals surface area (Å²) in [7, 11) is 0. The van der Waals surface area contributed by atoms with E-state index in [1.54, 1.807) is 0 Å². The third-order valence-corrected chi connectivity index (χ3v) is 5.20. The number of nitrogens with one attached hydrogen (secondary N) is 3. The Morgan fingerprint density at radius 3 is 2.94 bits per heavy atom. The summed E-state index contributed by atoms with van der Waals surface area (Å²) < 4.78 is 11.8. The quantitative estimate of drug-likeness (QED) is 0.371. The maximum Gasteiger partial charge on any atom is 0.191 e. The molecule has 8 nitrogen and oxygen atoms in total. The first kappa shape index (κ1) is 21.7. The van der Waals surface area contributed by atoms with Crippen molar-refractivity contribution in [2.75, 3.05) is 13.2 Å². The Bertz CT molecular complexity index is 1060. The number of aliphatic imine (C=N–C) groups is 1. The standard InChI is InChI=1S/C24H30N6O2/c1-4-25-24(26-13-17-7-6-8-18(10-17)23-28-15-29-30-23)27-14-20-12-22-19(9-16(3)32-22)11-21(20)31-5-2/h6-8,10-12,15-16H,4-5,9,13-14H2,1-3H3,(H2,25,26,27)(H,28,29,30). The number of hydrogen-bond acceptors (Lipinski definition) is 5. The first-order valence-electron chi connectivity index (χ1n) is 11.1. The summed E-state index contributed by atoms with van der Waals surface area (Å²) >= 11 is 0. The van der Waals surface area contributed by atoms with Crippen LogP contribution in [0.25, 0.3) is 11.4 Å². The van der Waals surface area contributed by atoms with Crippen LogP contribution in [0.2, 0.25) is 0 Å². The normalized spacial score (nSPS) is 15.2. The first-order valence-corrected chi connectivity index (χ1v) is 11.1. The van der Waals surface area contributed by atoms with Gasteiger partial charge in [0.05, 0.1) is 13.2 Å². The minimum Gasteiger partial charge on any atom is -0.494 e. The van der Waals surface area contributed by atoms with Gasteiger partial charge in [-0.3, -0.25) is 5.10 Å². The summed E-state index contributed by atoms with van der Waals surface area (Å²) in [5, 5.41) is 13.6. The molecule has 1 aliphatic rings. The lowest BCUT2D eigenvalue weighted by Crippen LogP contribution is -2.36. The van der Waals surface area contributed by atoms with Crippen molar-refractivity contribution in [2.45, 2.75) is 46.4 Å². The van der Waals surface area contributed by atoms with Crippen molar-refractivity contribution < 1.29 is 9.47 Å². The van der Waals surface area contributed by atoms with Crippen LogP contribution in [-0.4, -0.2) is 40.4 Å². The van der Waals surface area contributed by atoms with Crippen molar-refractivity contribution >= 4 is 5.96 Å². The molecule has 1 unspecified atom stereocenters. The van der Waals surface area contributed by atoms with Crippen molar-refractivity contribution in [1.82, 2.24) is 25.8 Å². The number of aromatic nitrogens is 3. The van der Waals surface area contributed by atoms with E-state index in [1.807, 2.05) is 19.1 Å². The predicted molar refractivity (Wildman–Crippen MR) is 125 cm³/mol. The fourth-order valence-corrected chi connectivity index (χ4v) is 3.76. The Labute approximate surface area is 188 Å². The molecule has 1 aliphatic heterocycles. The zero-order valence-corrected chi connectivity index (χ0v) is 18.8. The fourth-order valence-electron chi connectivity index (χ4n) is 3.76. The highest BCUT2D eigenvalue weighted by Gasteiger charge is 2.22. The maximum atomic E-state index is 5.94. The van der Waals surface area contributed by atoms with Gasteiger partial charge in [0.25, 0.3) is 0 Å². The van der Waals surface area contributed by atoms with Gasteiger partial charge >= 0.3 is 0 Å². The molecule has 8 heteroatoms. The lowest BCUT2D eigenvalue weighted by molar-refractivity contribution is 0.254. The van der Waals surface area contributed by atoms with E-state index in [0.29, 0.717) is 19.7 Å². The molecule has 3 N–H and O–H groups in total. The second-order valence-corrected chi connectivity index (χ2v) is 7.72. The van der Waals surface area contributed by atoms with Gasteiger partial charge in [0.15, 0.2) is 11.8 Å². The van der Waals surface area contributed by atoms with Crippen LogP contribution in [0.4, 0.5) is 0 Å².